The van der Waals surface area contributed by atoms with Gasteiger partial charge in [0, 0.05) is 23.3 Å². The van der Waals surface area contributed by atoms with Gasteiger partial charge in [-0.25, -0.2) is 0 Å². The summed E-state index contributed by atoms with van der Waals surface area (Å²) in [6, 6.07) is 11.7. The Morgan fingerprint density at radius 2 is 1.93 bits per heavy atom. The molecule has 28 heavy (non-hydrogen) atoms. The largest absolute Gasteiger partial charge is 0.497 e. The standard InChI is InChI=1S/C20H22Cl2N2O4/c1-4-24(12-19(25)23-15-6-5-7-16(11-15)27-3)20(26)13(2)28-18-9-8-14(21)10-17(18)22/h5-11,13H,4,12H2,1-3H3,(H,23,25). The van der Waals surface area contributed by atoms with E-state index >= 15 is 0 Å². The summed E-state index contributed by atoms with van der Waals surface area (Å²) in [6.07, 6.45) is -0.816. The average Bonchev–Trinajstić information content (AvgIpc) is 2.67. The number of benzene rings is 2. The zero-order valence-electron chi connectivity index (χ0n) is 15.9. The van der Waals surface area contributed by atoms with Crippen molar-refractivity contribution in [2.24, 2.45) is 0 Å². The van der Waals surface area contributed by atoms with Gasteiger partial charge in [0.25, 0.3) is 5.91 Å². The quantitative estimate of drug-likeness (QED) is 0.687. The Kier molecular flexibility index (Phi) is 7.96. The van der Waals surface area contributed by atoms with Crippen LogP contribution in [0.5, 0.6) is 11.5 Å². The molecule has 0 heterocycles. The second-order valence-corrected chi connectivity index (χ2v) is 6.81. The summed E-state index contributed by atoms with van der Waals surface area (Å²) in [7, 11) is 1.55. The highest BCUT2D eigenvalue weighted by Crippen LogP contribution is 2.28. The van der Waals surface area contributed by atoms with Crippen molar-refractivity contribution in [1.29, 1.82) is 0 Å². The summed E-state index contributed by atoms with van der Waals surface area (Å²) >= 11 is 11.9. The van der Waals surface area contributed by atoms with Gasteiger partial charge in [0.15, 0.2) is 6.10 Å². The molecule has 2 aromatic carbocycles. The van der Waals surface area contributed by atoms with Crippen molar-refractivity contribution >= 4 is 40.7 Å². The number of likely N-dealkylation sites (N-methyl/N-ethyl adjacent to an activating group) is 1. The molecule has 6 nitrogen and oxygen atoms in total. The lowest BCUT2D eigenvalue weighted by atomic mass is 10.3. The summed E-state index contributed by atoms with van der Waals surface area (Å²) in [4.78, 5) is 26.4. The summed E-state index contributed by atoms with van der Waals surface area (Å²) in [6.45, 7) is 3.65. The lowest BCUT2D eigenvalue weighted by Gasteiger charge is -2.24. The first-order valence-electron chi connectivity index (χ1n) is 8.68. The first-order valence-corrected chi connectivity index (χ1v) is 9.44. The number of ether oxygens (including phenoxy) is 2. The lowest BCUT2D eigenvalue weighted by molar-refractivity contribution is -0.140. The normalized spacial score (nSPS) is 11.5. The molecular formula is C20H22Cl2N2O4. The monoisotopic (exact) mass is 424 g/mol. The van der Waals surface area contributed by atoms with Gasteiger partial charge in [0.1, 0.15) is 11.5 Å². The fraction of sp³-hybridized carbons (Fsp3) is 0.300. The maximum absolute atomic E-state index is 12.7. The molecule has 1 unspecified atom stereocenters. The van der Waals surface area contributed by atoms with E-state index in [0.717, 1.165) is 0 Å². The van der Waals surface area contributed by atoms with Gasteiger partial charge in [0.2, 0.25) is 5.91 Å². The first-order chi connectivity index (χ1) is 13.3. The van der Waals surface area contributed by atoms with Gasteiger partial charge >= 0.3 is 0 Å². The number of methoxy groups -OCH3 is 1. The molecule has 8 heteroatoms. The van der Waals surface area contributed by atoms with E-state index in [0.29, 0.717) is 33.8 Å². The summed E-state index contributed by atoms with van der Waals surface area (Å²) in [5, 5.41) is 3.53. The van der Waals surface area contributed by atoms with E-state index in [4.69, 9.17) is 32.7 Å². The number of amides is 2. The van der Waals surface area contributed by atoms with Crippen molar-refractivity contribution in [1.82, 2.24) is 4.90 Å². The Labute approximate surface area is 174 Å². The Morgan fingerprint density at radius 1 is 1.18 bits per heavy atom. The molecule has 0 aliphatic carbocycles. The molecule has 2 rings (SSSR count). The predicted octanol–water partition coefficient (Wildman–Crippen LogP) is 4.26. The second-order valence-electron chi connectivity index (χ2n) is 5.97. The van der Waals surface area contributed by atoms with E-state index < -0.39 is 6.10 Å². The molecule has 150 valence electrons. The zero-order valence-corrected chi connectivity index (χ0v) is 17.4. The van der Waals surface area contributed by atoms with Crippen LogP contribution in [-0.2, 0) is 9.59 Å². The molecule has 0 fully saturated rings. The van der Waals surface area contributed by atoms with Crippen LogP contribution >= 0.6 is 23.2 Å². The minimum atomic E-state index is -0.816. The zero-order chi connectivity index (χ0) is 20.7. The van der Waals surface area contributed by atoms with Crippen LogP contribution in [-0.4, -0.2) is 43.0 Å². The Bertz CT molecular complexity index is 845. The van der Waals surface area contributed by atoms with Gasteiger partial charge in [-0.2, -0.15) is 0 Å². The Morgan fingerprint density at radius 3 is 2.57 bits per heavy atom. The maximum atomic E-state index is 12.7. The molecule has 0 spiro atoms. The predicted molar refractivity (Wildman–Crippen MR) is 110 cm³/mol. The van der Waals surface area contributed by atoms with Crippen LogP contribution < -0.4 is 14.8 Å². The fourth-order valence-electron chi connectivity index (χ4n) is 2.49. The first kappa shape index (κ1) is 21.9. The third-order valence-electron chi connectivity index (χ3n) is 3.93. The molecule has 1 N–H and O–H groups in total. The van der Waals surface area contributed by atoms with E-state index in [2.05, 4.69) is 5.32 Å². The maximum Gasteiger partial charge on any atom is 0.263 e. The van der Waals surface area contributed by atoms with Gasteiger partial charge in [-0.15, -0.1) is 0 Å². The molecule has 0 saturated carbocycles. The lowest BCUT2D eigenvalue weighted by Crippen LogP contribution is -2.44. The number of halogens is 2. The van der Waals surface area contributed by atoms with Gasteiger partial charge in [0.05, 0.1) is 18.7 Å². The van der Waals surface area contributed by atoms with Crippen LogP contribution in [0.25, 0.3) is 0 Å². The minimum absolute atomic E-state index is 0.103. The van der Waals surface area contributed by atoms with Crippen LogP contribution in [0.2, 0.25) is 10.0 Å². The summed E-state index contributed by atoms with van der Waals surface area (Å²) < 4.78 is 10.8. The van der Waals surface area contributed by atoms with Crippen molar-refractivity contribution in [3.63, 3.8) is 0 Å². The van der Waals surface area contributed by atoms with Crippen LogP contribution in [0.1, 0.15) is 13.8 Å². The molecule has 0 saturated heterocycles. The number of carbonyl (C=O) groups is 2. The van der Waals surface area contributed by atoms with Gasteiger partial charge in [-0.05, 0) is 44.2 Å². The van der Waals surface area contributed by atoms with Crippen LogP contribution in [0.15, 0.2) is 42.5 Å². The van der Waals surface area contributed by atoms with Gasteiger partial charge < -0.3 is 19.7 Å². The number of rotatable bonds is 8. The molecule has 1 atom stereocenters. The number of nitrogens with zero attached hydrogens (tertiary/aromatic N) is 1. The highest BCUT2D eigenvalue weighted by atomic mass is 35.5. The third-order valence-corrected chi connectivity index (χ3v) is 4.46. The Balaban J connectivity index is 1.98. The third kappa shape index (κ3) is 6.04. The van der Waals surface area contributed by atoms with Crippen molar-refractivity contribution in [3.8, 4) is 11.5 Å². The Hall–Kier alpha value is -2.44. The van der Waals surface area contributed by atoms with Crippen molar-refractivity contribution < 1.29 is 19.1 Å². The minimum Gasteiger partial charge on any atom is -0.497 e. The number of carbonyl (C=O) groups excluding carboxylic acids is 2. The molecule has 2 aromatic rings. The van der Waals surface area contributed by atoms with Gasteiger partial charge in [-0.1, -0.05) is 29.3 Å². The summed E-state index contributed by atoms with van der Waals surface area (Å²) in [5.74, 6) is 0.335. The van der Waals surface area contributed by atoms with Crippen molar-refractivity contribution in [3.05, 3.63) is 52.5 Å². The van der Waals surface area contributed by atoms with Crippen LogP contribution in [0, 0.1) is 0 Å². The van der Waals surface area contributed by atoms with E-state index in [1.807, 2.05) is 0 Å². The van der Waals surface area contributed by atoms with Gasteiger partial charge in [-0.3, -0.25) is 9.59 Å². The molecule has 0 bridgehead atoms. The number of anilines is 1. The second kappa shape index (κ2) is 10.2. The molecule has 2 amide bonds. The molecule has 0 aromatic heterocycles. The van der Waals surface area contributed by atoms with Crippen LogP contribution in [0.4, 0.5) is 5.69 Å². The molecule has 0 radical (unpaired) electrons. The van der Waals surface area contributed by atoms with E-state index in [9.17, 15) is 9.59 Å². The number of hydrogen-bond acceptors (Lipinski definition) is 4. The van der Waals surface area contributed by atoms with Crippen LogP contribution in [0.3, 0.4) is 0 Å². The molecular weight excluding hydrogens is 403 g/mol. The SMILES string of the molecule is CCN(CC(=O)Nc1cccc(OC)c1)C(=O)C(C)Oc1ccc(Cl)cc1Cl. The smallest absolute Gasteiger partial charge is 0.263 e. The van der Waals surface area contributed by atoms with Crippen molar-refractivity contribution in [2.75, 3.05) is 25.5 Å². The van der Waals surface area contributed by atoms with E-state index in [-0.39, 0.29) is 18.4 Å². The molecule has 0 aliphatic heterocycles. The summed E-state index contributed by atoms with van der Waals surface area (Å²) in [5.41, 5.74) is 0.588. The fourth-order valence-corrected chi connectivity index (χ4v) is 2.94. The highest BCUT2D eigenvalue weighted by molar-refractivity contribution is 6.35. The number of hydrogen-bond donors (Lipinski definition) is 1. The topological polar surface area (TPSA) is 67.9 Å². The average molecular weight is 425 g/mol. The van der Waals surface area contributed by atoms with E-state index in [1.54, 1.807) is 57.4 Å². The van der Waals surface area contributed by atoms with E-state index in [1.165, 1.54) is 11.0 Å². The highest BCUT2D eigenvalue weighted by Gasteiger charge is 2.23. The number of nitrogens with one attached hydrogen (secondary N) is 1. The van der Waals surface area contributed by atoms with Crippen molar-refractivity contribution in [2.45, 2.75) is 20.0 Å². The molecule has 0 aliphatic rings.